The zero-order chi connectivity index (χ0) is 14.0. The molecule has 1 fully saturated rings. The van der Waals surface area contributed by atoms with E-state index in [1.54, 1.807) is 6.07 Å². The summed E-state index contributed by atoms with van der Waals surface area (Å²) in [5.74, 6) is 0.387. The first-order chi connectivity index (χ1) is 9.62. The van der Waals surface area contributed by atoms with Gasteiger partial charge in [-0.3, -0.25) is 0 Å². The lowest BCUT2D eigenvalue weighted by Gasteiger charge is -2.18. The minimum Gasteiger partial charge on any atom is -0.371 e. The highest BCUT2D eigenvalue weighted by atomic mass is 32.2. The summed E-state index contributed by atoms with van der Waals surface area (Å²) in [6, 6.07) is 5.53. The van der Waals surface area contributed by atoms with Crippen molar-refractivity contribution in [3.63, 3.8) is 0 Å². The van der Waals surface area contributed by atoms with Gasteiger partial charge in [-0.1, -0.05) is 18.9 Å². The van der Waals surface area contributed by atoms with E-state index in [1.807, 2.05) is 12.1 Å². The fourth-order valence-corrected chi connectivity index (χ4v) is 3.96. The summed E-state index contributed by atoms with van der Waals surface area (Å²) < 4.78 is 31.7. The number of nitrogens with one attached hydrogen (secondary N) is 2. The lowest BCUT2D eigenvalue weighted by Crippen LogP contribution is -2.35. The normalized spacial score (nSPS) is 19.8. The summed E-state index contributed by atoms with van der Waals surface area (Å²) in [6.45, 7) is 1.73. The number of hydrogen-bond acceptors (Lipinski definition) is 4. The molecule has 0 spiro atoms. The molecule has 1 aliphatic carbocycles. The first-order valence-corrected chi connectivity index (χ1v) is 8.57. The van der Waals surface area contributed by atoms with Crippen LogP contribution in [0, 0.1) is 0 Å². The zero-order valence-electron chi connectivity index (χ0n) is 11.4. The van der Waals surface area contributed by atoms with Gasteiger partial charge in [0.2, 0.25) is 0 Å². The Morgan fingerprint density at radius 3 is 2.80 bits per heavy atom. The molecule has 20 heavy (non-hydrogen) atoms. The van der Waals surface area contributed by atoms with Crippen LogP contribution in [-0.2, 0) is 23.3 Å². The molecule has 0 saturated heterocycles. The van der Waals surface area contributed by atoms with Crippen LogP contribution in [0.2, 0.25) is 0 Å². The number of hydrogen-bond donors (Lipinski definition) is 2. The van der Waals surface area contributed by atoms with Gasteiger partial charge in [0, 0.05) is 12.6 Å². The maximum Gasteiger partial charge on any atom is 0.382 e. The first kappa shape index (κ1) is 13.9. The van der Waals surface area contributed by atoms with Gasteiger partial charge in [-0.2, -0.15) is 13.1 Å². The Morgan fingerprint density at radius 1 is 1.20 bits per heavy atom. The monoisotopic (exact) mass is 296 g/mol. The molecule has 2 aliphatic rings. The number of fused-ring (bicyclic) bond motifs is 1. The lowest BCUT2D eigenvalue weighted by molar-refractivity contribution is 0.455. The highest BCUT2D eigenvalue weighted by molar-refractivity contribution is 7.85. The number of benzene rings is 1. The minimum atomic E-state index is -3.71. The van der Waals surface area contributed by atoms with Gasteiger partial charge in [0.25, 0.3) is 0 Å². The van der Waals surface area contributed by atoms with Gasteiger partial charge in [0.1, 0.15) is 5.75 Å². The van der Waals surface area contributed by atoms with Crippen LogP contribution in [0.5, 0.6) is 5.75 Å². The van der Waals surface area contributed by atoms with Crippen LogP contribution in [-0.4, -0.2) is 21.0 Å². The van der Waals surface area contributed by atoms with Crippen molar-refractivity contribution in [3.8, 4) is 5.75 Å². The lowest BCUT2D eigenvalue weighted by atomic mass is 10.0. The molecule has 1 aliphatic heterocycles. The summed E-state index contributed by atoms with van der Waals surface area (Å²) in [6.07, 6.45) is 4.94. The van der Waals surface area contributed by atoms with E-state index in [2.05, 4.69) is 10.0 Å². The van der Waals surface area contributed by atoms with Crippen molar-refractivity contribution in [2.24, 2.45) is 0 Å². The Labute approximate surface area is 120 Å². The van der Waals surface area contributed by atoms with E-state index >= 15 is 0 Å². The highest BCUT2D eigenvalue weighted by Crippen LogP contribution is 2.23. The van der Waals surface area contributed by atoms with E-state index in [1.165, 1.54) is 5.56 Å². The fraction of sp³-hybridized carbons (Fsp3) is 0.571. The van der Waals surface area contributed by atoms with Crippen LogP contribution >= 0.6 is 0 Å². The van der Waals surface area contributed by atoms with Gasteiger partial charge in [-0.05, 0) is 49.1 Å². The molecule has 0 unspecified atom stereocenters. The fourth-order valence-electron chi connectivity index (χ4n) is 2.91. The van der Waals surface area contributed by atoms with E-state index in [4.69, 9.17) is 4.18 Å². The molecule has 1 heterocycles. The second kappa shape index (κ2) is 5.71. The summed E-state index contributed by atoms with van der Waals surface area (Å²) in [7, 11) is -3.71. The second-order valence-electron chi connectivity index (χ2n) is 5.49. The Kier molecular flexibility index (Phi) is 3.96. The van der Waals surface area contributed by atoms with Crippen LogP contribution in [0.3, 0.4) is 0 Å². The van der Waals surface area contributed by atoms with Gasteiger partial charge < -0.3 is 9.50 Å². The average molecular weight is 296 g/mol. The third kappa shape index (κ3) is 3.31. The van der Waals surface area contributed by atoms with Crippen LogP contribution in [0.1, 0.15) is 36.8 Å². The standard InChI is InChI=1S/C14H20N2O3S/c17-20(18,16-13-3-1-2-4-13)19-14-6-5-11-7-8-15-10-12(11)9-14/h5-6,9,13,15-16H,1-4,7-8,10H2. The molecule has 0 aromatic heterocycles. The molecule has 0 radical (unpaired) electrons. The molecule has 0 atom stereocenters. The third-order valence-electron chi connectivity index (χ3n) is 3.94. The summed E-state index contributed by atoms with van der Waals surface area (Å²) in [4.78, 5) is 0. The highest BCUT2D eigenvalue weighted by Gasteiger charge is 2.23. The Morgan fingerprint density at radius 2 is 2.00 bits per heavy atom. The van der Waals surface area contributed by atoms with Crippen molar-refractivity contribution in [1.29, 1.82) is 0 Å². The molecule has 1 aromatic rings. The van der Waals surface area contributed by atoms with Crippen molar-refractivity contribution >= 4 is 10.3 Å². The predicted molar refractivity (Wildman–Crippen MR) is 76.8 cm³/mol. The molecule has 6 heteroatoms. The van der Waals surface area contributed by atoms with Gasteiger partial charge in [0.15, 0.2) is 0 Å². The topological polar surface area (TPSA) is 67.4 Å². The van der Waals surface area contributed by atoms with Crippen molar-refractivity contribution in [3.05, 3.63) is 29.3 Å². The maximum absolute atomic E-state index is 12.0. The number of rotatable bonds is 4. The molecule has 0 bridgehead atoms. The molecule has 110 valence electrons. The SMILES string of the molecule is O=S(=O)(NC1CCCC1)Oc1ccc2c(c1)CNCC2. The maximum atomic E-state index is 12.0. The summed E-state index contributed by atoms with van der Waals surface area (Å²) in [5, 5.41) is 3.27. The molecule has 1 saturated carbocycles. The van der Waals surface area contributed by atoms with Gasteiger partial charge in [0.05, 0.1) is 0 Å². The second-order valence-corrected chi connectivity index (χ2v) is 6.80. The van der Waals surface area contributed by atoms with Crippen molar-refractivity contribution in [2.75, 3.05) is 6.54 Å². The van der Waals surface area contributed by atoms with Gasteiger partial charge in [-0.15, -0.1) is 0 Å². The molecule has 2 N–H and O–H groups in total. The average Bonchev–Trinajstić information content (AvgIpc) is 2.90. The van der Waals surface area contributed by atoms with E-state index in [0.717, 1.165) is 50.8 Å². The van der Waals surface area contributed by atoms with Gasteiger partial charge >= 0.3 is 10.3 Å². The third-order valence-corrected chi connectivity index (χ3v) is 4.97. The van der Waals surface area contributed by atoms with E-state index in [0.29, 0.717) is 5.75 Å². The van der Waals surface area contributed by atoms with E-state index < -0.39 is 10.3 Å². The Hall–Kier alpha value is -1.11. The van der Waals surface area contributed by atoms with Crippen LogP contribution in [0.25, 0.3) is 0 Å². The summed E-state index contributed by atoms with van der Waals surface area (Å²) in [5.41, 5.74) is 2.38. The Balaban J connectivity index is 1.70. The molecular formula is C14H20N2O3S. The molecule has 5 nitrogen and oxygen atoms in total. The first-order valence-electron chi connectivity index (χ1n) is 7.17. The summed E-state index contributed by atoms with van der Waals surface area (Å²) >= 11 is 0. The van der Waals surface area contributed by atoms with Crippen molar-refractivity contribution in [1.82, 2.24) is 10.0 Å². The molecule has 3 rings (SSSR count). The van der Waals surface area contributed by atoms with Gasteiger partial charge in [-0.25, -0.2) is 0 Å². The van der Waals surface area contributed by atoms with E-state index in [-0.39, 0.29) is 6.04 Å². The van der Waals surface area contributed by atoms with Crippen molar-refractivity contribution < 1.29 is 12.6 Å². The van der Waals surface area contributed by atoms with Crippen molar-refractivity contribution in [2.45, 2.75) is 44.7 Å². The molecule has 1 aromatic carbocycles. The van der Waals surface area contributed by atoms with Crippen LogP contribution in [0.15, 0.2) is 18.2 Å². The van der Waals surface area contributed by atoms with E-state index in [9.17, 15) is 8.42 Å². The molecular weight excluding hydrogens is 276 g/mol. The zero-order valence-corrected chi connectivity index (χ0v) is 12.2. The van der Waals surface area contributed by atoms with Crippen LogP contribution in [0.4, 0.5) is 0 Å². The quantitative estimate of drug-likeness (QED) is 0.883. The smallest absolute Gasteiger partial charge is 0.371 e. The van der Waals surface area contributed by atoms with Crippen LogP contribution < -0.4 is 14.2 Å². The largest absolute Gasteiger partial charge is 0.382 e. The minimum absolute atomic E-state index is 0.0271. The predicted octanol–water partition coefficient (Wildman–Crippen LogP) is 1.49. The molecule has 0 amide bonds. The Bertz CT molecular complexity index is 580.